The minimum atomic E-state index is 0.381. The fourth-order valence-corrected chi connectivity index (χ4v) is 2.47. The van der Waals surface area contributed by atoms with E-state index in [1.165, 1.54) is 0 Å². The van der Waals surface area contributed by atoms with Gasteiger partial charge in [-0.3, -0.25) is 4.40 Å². The Morgan fingerprint density at radius 3 is 2.70 bits per heavy atom. The van der Waals surface area contributed by atoms with Crippen molar-refractivity contribution in [1.29, 1.82) is 0 Å². The highest BCUT2D eigenvalue weighted by Gasteiger charge is 2.16. The number of methoxy groups -OCH3 is 1. The Hall–Kier alpha value is -1.85. The van der Waals surface area contributed by atoms with Gasteiger partial charge in [-0.05, 0) is 25.1 Å². The van der Waals surface area contributed by atoms with Crippen molar-refractivity contribution in [3.05, 3.63) is 40.3 Å². The Balaban J connectivity index is 2.33. The number of rotatable bonds is 2. The zero-order valence-electron chi connectivity index (χ0n) is 10.8. The van der Waals surface area contributed by atoms with E-state index in [0.29, 0.717) is 33.2 Å². The first-order valence-electron chi connectivity index (χ1n) is 5.82. The van der Waals surface area contributed by atoms with Gasteiger partial charge in [0, 0.05) is 11.1 Å². The van der Waals surface area contributed by atoms with E-state index in [9.17, 15) is 0 Å². The minimum Gasteiger partial charge on any atom is -0.496 e. The van der Waals surface area contributed by atoms with Crippen molar-refractivity contribution in [2.75, 3.05) is 7.11 Å². The SMILES string of the molecule is COc1ccc(Cl)cc1-c1nnc2cc(Cl)nc(C)n12. The lowest BCUT2D eigenvalue weighted by molar-refractivity contribution is 0.416. The van der Waals surface area contributed by atoms with Crippen molar-refractivity contribution in [2.45, 2.75) is 6.92 Å². The predicted molar refractivity (Wildman–Crippen MR) is 77.5 cm³/mol. The fraction of sp³-hybridized carbons (Fsp3) is 0.154. The molecule has 0 aliphatic carbocycles. The van der Waals surface area contributed by atoms with Crippen LogP contribution in [-0.4, -0.2) is 26.7 Å². The summed E-state index contributed by atoms with van der Waals surface area (Å²) < 4.78 is 7.16. The van der Waals surface area contributed by atoms with Gasteiger partial charge in [-0.2, -0.15) is 0 Å². The van der Waals surface area contributed by atoms with Crippen LogP contribution in [0.4, 0.5) is 0 Å². The molecule has 0 saturated heterocycles. The second-order valence-electron chi connectivity index (χ2n) is 4.19. The lowest BCUT2D eigenvalue weighted by Crippen LogP contribution is -1.99. The van der Waals surface area contributed by atoms with Crippen molar-refractivity contribution in [2.24, 2.45) is 0 Å². The van der Waals surface area contributed by atoms with Gasteiger partial charge in [0.05, 0.1) is 12.7 Å². The molecule has 7 heteroatoms. The molecule has 0 bridgehead atoms. The second kappa shape index (κ2) is 4.92. The zero-order valence-corrected chi connectivity index (χ0v) is 12.3. The van der Waals surface area contributed by atoms with E-state index >= 15 is 0 Å². The highest BCUT2D eigenvalue weighted by Crippen LogP contribution is 2.32. The summed E-state index contributed by atoms with van der Waals surface area (Å²) in [5.74, 6) is 1.97. The van der Waals surface area contributed by atoms with Crippen LogP contribution in [0.1, 0.15) is 5.82 Å². The Labute approximate surface area is 125 Å². The molecule has 0 atom stereocenters. The van der Waals surface area contributed by atoms with Gasteiger partial charge in [0.1, 0.15) is 16.7 Å². The molecule has 102 valence electrons. The van der Waals surface area contributed by atoms with Crippen molar-refractivity contribution in [3.8, 4) is 17.1 Å². The highest BCUT2D eigenvalue weighted by molar-refractivity contribution is 6.31. The second-order valence-corrected chi connectivity index (χ2v) is 5.01. The van der Waals surface area contributed by atoms with Crippen LogP contribution < -0.4 is 4.74 Å². The van der Waals surface area contributed by atoms with Crippen LogP contribution in [0.2, 0.25) is 10.2 Å². The van der Waals surface area contributed by atoms with Gasteiger partial charge in [-0.25, -0.2) is 4.98 Å². The smallest absolute Gasteiger partial charge is 0.173 e. The lowest BCUT2D eigenvalue weighted by Gasteiger charge is -2.08. The number of ether oxygens (including phenoxy) is 1. The van der Waals surface area contributed by atoms with E-state index in [1.807, 2.05) is 6.92 Å². The molecular weight excluding hydrogens is 299 g/mol. The van der Waals surface area contributed by atoms with Gasteiger partial charge >= 0.3 is 0 Å². The van der Waals surface area contributed by atoms with Gasteiger partial charge in [-0.15, -0.1) is 10.2 Å². The van der Waals surface area contributed by atoms with E-state index < -0.39 is 0 Å². The van der Waals surface area contributed by atoms with Crippen LogP contribution in [0.15, 0.2) is 24.3 Å². The largest absolute Gasteiger partial charge is 0.496 e. The van der Waals surface area contributed by atoms with Crippen LogP contribution in [0, 0.1) is 6.92 Å². The van der Waals surface area contributed by atoms with E-state index in [1.54, 1.807) is 35.8 Å². The molecule has 0 unspecified atom stereocenters. The number of nitrogens with zero attached hydrogens (tertiary/aromatic N) is 4. The average Bonchev–Trinajstić information content (AvgIpc) is 2.82. The molecule has 0 aliphatic rings. The van der Waals surface area contributed by atoms with Crippen LogP contribution >= 0.6 is 23.2 Å². The molecule has 3 rings (SSSR count). The number of hydrogen-bond donors (Lipinski definition) is 0. The van der Waals surface area contributed by atoms with Crippen molar-refractivity contribution >= 4 is 28.8 Å². The third kappa shape index (κ3) is 2.09. The van der Waals surface area contributed by atoms with Gasteiger partial charge in [0.25, 0.3) is 0 Å². The molecule has 0 amide bonds. The molecule has 0 N–H and O–H groups in total. The molecule has 20 heavy (non-hydrogen) atoms. The number of aryl methyl sites for hydroxylation is 1. The Bertz CT molecular complexity index is 800. The Kier molecular flexibility index (Phi) is 3.23. The van der Waals surface area contributed by atoms with Crippen molar-refractivity contribution < 1.29 is 4.74 Å². The third-order valence-corrected chi connectivity index (χ3v) is 3.36. The average molecular weight is 309 g/mol. The van der Waals surface area contributed by atoms with Crippen LogP contribution in [0.3, 0.4) is 0 Å². The maximum atomic E-state index is 6.06. The molecule has 1 aromatic carbocycles. The molecule has 0 spiro atoms. The summed E-state index contributed by atoms with van der Waals surface area (Å²) in [6.07, 6.45) is 0. The minimum absolute atomic E-state index is 0.381. The van der Waals surface area contributed by atoms with Gasteiger partial charge in [-0.1, -0.05) is 23.2 Å². The summed E-state index contributed by atoms with van der Waals surface area (Å²) in [5.41, 5.74) is 1.37. The maximum absolute atomic E-state index is 6.06. The summed E-state index contributed by atoms with van der Waals surface area (Å²) in [6, 6.07) is 6.99. The monoisotopic (exact) mass is 308 g/mol. The highest BCUT2D eigenvalue weighted by atomic mass is 35.5. The van der Waals surface area contributed by atoms with Crippen LogP contribution in [0.5, 0.6) is 5.75 Å². The molecule has 2 aromatic heterocycles. The first kappa shape index (κ1) is 13.1. The van der Waals surface area contributed by atoms with Gasteiger partial charge in [0.15, 0.2) is 11.5 Å². The molecule has 5 nitrogen and oxygen atoms in total. The maximum Gasteiger partial charge on any atom is 0.173 e. The molecule has 0 aliphatic heterocycles. The summed E-state index contributed by atoms with van der Waals surface area (Å²) in [5, 5.41) is 9.28. The predicted octanol–water partition coefficient (Wildman–Crippen LogP) is 3.42. The summed E-state index contributed by atoms with van der Waals surface area (Å²) >= 11 is 12.0. The normalized spacial score (nSPS) is 11.0. The van der Waals surface area contributed by atoms with Crippen LogP contribution in [0.25, 0.3) is 17.0 Å². The zero-order chi connectivity index (χ0) is 14.3. The Morgan fingerprint density at radius 1 is 1.15 bits per heavy atom. The number of halogens is 2. The summed E-state index contributed by atoms with van der Waals surface area (Å²) in [4.78, 5) is 4.21. The fourth-order valence-electron chi connectivity index (χ4n) is 2.08. The van der Waals surface area contributed by atoms with Gasteiger partial charge < -0.3 is 4.74 Å². The van der Waals surface area contributed by atoms with E-state index in [-0.39, 0.29) is 0 Å². The van der Waals surface area contributed by atoms with Crippen LogP contribution in [-0.2, 0) is 0 Å². The topological polar surface area (TPSA) is 52.3 Å². The molecule has 3 aromatic rings. The van der Waals surface area contributed by atoms with Crippen molar-refractivity contribution in [1.82, 2.24) is 19.6 Å². The standard InChI is InChI=1S/C13H10Cl2N4O/c1-7-16-11(15)6-12-17-18-13(19(7)12)9-5-8(14)3-4-10(9)20-2/h3-6H,1-2H3. The van der Waals surface area contributed by atoms with E-state index in [4.69, 9.17) is 27.9 Å². The molecular formula is C13H10Cl2N4O. The molecule has 0 fully saturated rings. The number of fused-ring (bicyclic) bond motifs is 1. The first-order valence-corrected chi connectivity index (χ1v) is 6.58. The first-order chi connectivity index (χ1) is 9.60. The van der Waals surface area contributed by atoms with E-state index in [0.717, 1.165) is 5.56 Å². The summed E-state index contributed by atoms with van der Waals surface area (Å²) in [7, 11) is 1.60. The lowest BCUT2D eigenvalue weighted by atomic mass is 10.2. The number of aromatic nitrogens is 4. The molecule has 0 radical (unpaired) electrons. The Morgan fingerprint density at radius 2 is 1.95 bits per heavy atom. The number of benzene rings is 1. The quantitative estimate of drug-likeness (QED) is 0.681. The van der Waals surface area contributed by atoms with E-state index in [2.05, 4.69) is 15.2 Å². The summed E-state index contributed by atoms with van der Waals surface area (Å²) in [6.45, 7) is 1.84. The molecule has 0 saturated carbocycles. The third-order valence-electron chi connectivity index (χ3n) is 2.93. The van der Waals surface area contributed by atoms with Gasteiger partial charge in [0.2, 0.25) is 0 Å². The van der Waals surface area contributed by atoms with Crippen molar-refractivity contribution in [3.63, 3.8) is 0 Å². The number of hydrogen-bond acceptors (Lipinski definition) is 4. The molecule has 2 heterocycles.